The van der Waals surface area contributed by atoms with E-state index in [-0.39, 0.29) is 23.5 Å². The Morgan fingerprint density at radius 1 is 1.15 bits per heavy atom. The molecule has 2 atom stereocenters. The predicted octanol–water partition coefficient (Wildman–Crippen LogP) is 4.25. The fourth-order valence-electron chi connectivity index (χ4n) is 5.10. The number of likely N-dealkylation sites (tertiary alicyclic amines) is 1. The second kappa shape index (κ2) is 8.74. The number of nitrogens with zero attached hydrogens (tertiary/aromatic N) is 2. The minimum absolute atomic E-state index is 0.205. The summed E-state index contributed by atoms with van der Waals surface area (Å²) in [5, 5.41) is 28.1. The lowest BCUT2D eigenvalue weighted by molar-refractivity contribution is 0.0828. The van der Waals surface area contributed by atoms with Gasteiger partial charge in [0.25, 0.3) is 5.56 Å². The van der Waals surface area contributed by atoms with Crippen LogP contribution in [0.25, 0.3) is 33.4 Å². The maximum Gasteiger partial charge on any atom is 0.273 e. The van der Waals surface area contributed by atoms with Crippen LogP contribution >= 0.6 is 0 Å². The summed E-state index contributed by atoms with van der Waals surface area (Å²) in [7, 11) is 0. The summed E-state index contributed by atoms with van der Waals surface area (Å²) in [6.07, 6.45) is 1.80. The standard InChI is InChI=1S/C27H30N4O3/c1-15-9-20(10-16(2)26(15)33)23-13-21(27(34)30-29-23)24-12-19-7-6-18(11-22(19)28-24)14-31-8-4-5-25(31)17(3)32/h6-7,9-13,17,25,28,32-33H,4-5,8,14H2,1-3H3,(H,30,34)/t17?,25-/m0/s1. The molecule has 0 spiro atoms. The average molecular weight is 459 g/mol. The van der Waals surface area contributed by atoms with E-state index >= 15 is 0 Å². The third kappa shape index (κ3) is 4.13. The van der Waals surface area contributed by atoms with Gasteiger partial charge in [0.1, 0.15) is 5.75 Å². The van der Waals surface area contributed by atoms with Crippen molar-refractivity contribution in [1.82, 2.24) is 20.1 Å². The first-order valence-electron chi connectivity index (χ1n) is 11.7. The first-order valence-corrected chi connectivity index (χ1v) is 11.7. The highest BCUT2D eigenvalue weighted by Gasteiger charge is 2.28. The molecule has 2 aromatic heterocycles. The zero-order chi connectivity index (χ0) is 24.0. The number of H-pyrrole nitrogens is 2. The maximum absolute atomic E-state index is 12.7. The van der Waals surface area contributed by atoms with E-state index in [0.717, 1.165) is 59.2 Å². The second-order valence-electron chi connectivity index (χ2n) is 9.48. The molecule has 1 unspecified atom stereocenters. The van der Waals surface area contributed by atoms with Crippen LogP contribution in [-0.4, -0.2) is 49.0 Å². The van der Waals surface area contributed by atoms with E-state index in [9.17, 15) is 15.0 Å². The number of fused-ring (bicyclic) bond motifs is 1. The molecule has 3 heterocycles. The van der Waals surface area contributed by atoms with Crippen LogP contribution in [0.5, 0.6) is 5.75 Å². The van der Waals surface area contributed by atoms with Gasteiger partial charge in [0, 0.05) is 29.1 Å². The summed E-state index contributed by atoms with van der Waals surface area (Å²) in [4.78, 5) is 18.4. The fourth-order valence-corrected chi connectivity index (χ4v) is 5.10. The highest BCUT2D eigenvalue weighted by Crippen LogP contribution is 2.30. The minimum Gasteiger partial charge on any atom is -0.507 e. The topological polar surface area (TPSA) is 105 Å². The molecule has 5 rings (SSSR count). The van der Waals surface area contributed by atoms with Gasteiger partial charge in [-0.3, -0.25) is 9.69 Å². The molecule has 1 aliphatic heterocycles. The van der Waals surface area contributed by atoms with E-state index in [1.54, 1.807) is 6.07 Å². The lowest BCUT2D eigenvalue weighted by Crippen LogP contribution is -2.36. The number of phenolic OH excluding ortho intramolecular Hbond substituents is 1. The molecule has 0 bridgehead atoms. The van der Waals surface area contributed by atoms with Crippen LogP contribution in [0.15, 0.2) is 47.3 Å². The van der Waals surface area contributed by atoms with Crippen molar-refractivity contribution in [3.8, 4) is 28.3 Å². The Morgan fingerprint density at radius 3 is 2.65 bits per heavy atom. The van der Waals surface area contributed by atoms with Crippen molar-refractivity contribution < 1.29 is 10.2 Å². The zero-order valence-electron chi connectivity index (χ0n) is 19.7. The monoisotopic (exact) mass is 458 g/mol. The number of aliphatic hydroxyl groups is 1. The Kier molecular flexibility index (Phi) is 5.75. The Bertz CT molecular complexity index is 1400. The molecule has 0 saturated carbocycles. The Balaban J connectivity index is 1.48. The number of rotatable bonds is 5. The first-order chi connectivity index (χ1) is 16.3. The highest BCUT2D eigenvalue weighted by molar-refractivity contribution is 5.86. The van der Waals surface area contributed by atoms with Crippen molar-refractivity contribution in [2.24, 2.45) is 0 Å². The lowest BCUT2D eigenvalue weighted by atomic mass is 10.0. The Morgan fingerprint density at radius 2 is 1.91 bits per heavy atom. The van der Waals surface area contributed by atoms with Gasteiger partial charge >= 0.3 is 0 Å². The third-order valence-corrected chi connectivity index (χ3v) is 6.92. The number of hydrogen-bond donors (Lipinski definition) is 4. The summed E-state index contributed by atoms with van der Waals surface area (Å²) >= 11 is 0. The van der Waals surface area contributed by atoms with Crippen molar-refractivity contribution in [3.05, 3.63) is 69.5 Å². The average Bonchev–Trinajstić information content (AvgIpc) is 3.44. The molecular weight excluding hydrogens is 428 g/mol. The molecule has 7 heteroatoms. The van der Waals surface area contributed by atoms with Crippen LogP contribution in [0.1, 0.15) is 36.5 Å². The van der Waals surface area contributed by atoms with Crippen LogP contribution in [-0.2, 0) is 6.54 Å². The minimum atomic E-state index is -0.336. The van der Waals surface area contributed by atoms with Gasteiger partial charge in [-0.15, -0.1) is 0 Å². The summed E-state index contributed by atoms with van der Waals surface area (Å²) < 4.78 is 0. The molecule has 1 fully saturated rings. The van der Waals surface area contributed by atoms with E-state index in [0.29, 0.717) is 11.3 Å². The van der Waals surface area contributed by atoms with E-state index in [4.69, 9.17) is 0 Å². The van der Waals surface area contributed by atoms with Crippen LogP contribution < -0.4 is 5.56 Å². The normalized spacial score (nSPS) is 17.5. The first kappa shape index (κ1) is 22.4. The highest BCUT2D eigenvalue weighted by atomic mass is 16.3. The number of aromatic nitrogens is 3. The van der Waals surface area contributed by atoms with Gasteiger partial charge in [0.05, 0.1) is 23.1 Å². The lowest BCUT2D eigenvalue weighted by Gasteiger charge is -2.26. The van der Waals surface area contributed by atoms with Crippen LogP contribution in [0, 0.1) is 13.8 Å². The molecule has 4 N–H and O–H groups in total. The molecule has 0 radical (unpaired) electrons. The SMILES string of the molecule is Cc1cc(-c2cc(-c3cc4ccc(CN5CCC[C@H]5C(C)O)cc4[nH]3)c(=O)[nH]n2)cc(C)c1O. The number of aromatic amines is 2. The van der Waals surface area contributed by atoms with Crippen LogP contribution in [0.3, 0.4) is 0 Å². The molecule has 176 valence electrons. The number of aryl methyl sites for hydroxylation is 2. The number of nitrogens with one attached hydrogen (secondary N) is 2. The summed E-state index contributed by atoms with van der Waals surface area (Å²) in [5.74, 6) is 0.272. The predicted molar refractivity (Wildman–Crippen MR) is 134 cm³/mol. The Hall–Kier alpha value is -3.42. The van der Waals surface area contributed by atoms with Gasteiger partial charge in [-0.1, -0.05) is 12.1 Å². The zero-order valence-corrected chi connectivity index (χ0v) is 19.7. The van der Waals surface area contributed by atoms with Crippen LogP contribution in [0.2, 0.25) is 0 Å². The van der Waals surface area contributed by atoms with Gasteiger partial charge < -0.3 is 15.2 Å². The summed E-state index contributed by atoms with van der Waals surface area (Å²) in [6, 6.07) is 14.0. The number of phenols is 1. The molecule has 4 aromatic rings. The quantitative estimate of drug-likeness (QED) is 0.358. The largest absolute Gasteiger partial charge is 0.507 e. The van der Waals surface area contributed by atoms with E-state index in [1.165, 1.54) is 5.56 Å². The van der Waals surface area contributed by atoms with E-state index in [1.807, 2.05) is 39.0 Å². The van der Waals surface area contributed by atoms with E-state index < -0.39 is 0 Å². The molecule has 1 saturated heterocycles. The summed E-state index contributed by atoms with van der Waals surface area (Å²) in [6.45, 7) is 7.34. The van der Waals surface area contributed by atoms with Crippen molar-refractivity contribution in [1.29, 1.82) is 0 Å². The molecule has 34 heavy (non-hydrogen) atoms. The number of aromatic hydroxyl groups is 1. The number of benzene rings is 2. The molecule has 0 aliphatic carbocycles. The van der Waals surface area contributed by atoms with Crippen LogP contribution in [0.4, 0.5) is 0 Å². The van der Waals surface area contributed by atoms with E-state index in [2.05, 4.69) is 38.3 Å². The third-order valence-electron chi connectivity index (χ3n) is 6.92. The maximum atomic E-state index is 12.7. The molecular formula is C27H30N4O3. The fraction of sp³-hybridized carbons (Fsp3) is 0.333. The van der Waals surface area contributed by atoms with Crippen molar-refractivity contribution >= 4 is 10.9 Å². The number of hydrogen-bond acceptors (Lipinski definition) is 5. The van der Waals surface area contributed by atoms with Gasteiger partial charge in [0.2, 0.25) is 0 Å². The van der Waals surface area contributed by atoms with Gasteiger partial charge in [-0.05, 0) is 87.2 Å². The molecule has 7 nitrogen and oxygen atoms in total. The molecule has 0 amide bonds. The smallest absolute Gasteiger partial charge is 0.273 e. The molecule has 2 aromatic carbocycles. The molecule has 1 aliphatic rings. The van der Waals surface area contributed by atoms with Crippen molar-refractivity contribution in [2.45, 2.75) is 52.3 Å². The van der Waals surface area contributed by atoms with Gasteiger partial charge in [0.15, 0.2) is 0 Å². The summed E-state index contributed by atoms with van der Waals surface area (Å²) in [5.41, 5.74) is 6.12. The van der Waals surface area contributed by atoms with Crippen molar-refractivity contribution in [3.63, 3.8) is 0 Å². The second-order valence-corrected chi connectivity index (χ2v) is 9.48. The van der Waals surface area contributed by atoms with Gasteiger partial charge in [-0.25, -0.2) is 5.10 Å². The van der Waals surface area contributed by atoms with Crippen molar-refractivity contribution in [2.75, 3.05) is 6.54 Å². The number of aliphatic hydroxyl groups excluding tert-OH is 1. The van der Waals surface area contributed by atoms with Gasteiger partial charge in [-0.2, -0.15) is 5.10 Å². The Labute approximate surface area is 198 Å².